The van der Waals surface area contributed by atoms with Gasteiger partial charge in [0.15, 0.2) is 0 Å². The summed E-state index contributed by atoms with van der Waals surface area (Å²) in [6.45, 7) is 5.90. The Morgan fingerprint density at radius 2 is 2.11 bits per heavy atom. The molecule has 0 bridgehead atoms. The van der Waals surface area contributed by atoms with E-state index in [1.54, 1.807) is 16.8 Å². The monoisotopic (exact) mass is 259 g/mol. The Labute approximate surface area is 111 Å². The Hall–Kier alpha value is -2.30. The van der Waals surface area contributed by atoms with Gasteiger partial charge in [0.25, 0.3) is 0 Å². The summed E-state index contributed by atoms with van der Waals surface area (Å²) in [6, 6.07) is 4.86. The second kappa shape index (κ2) is 4.76. The van der Waals surface area contributed by atoms with Gasteiger partial charge in [0.05, 0.1) is 16.9 Å². The van der Waals surface area contributed by atoms with Crippen LogP contribution in [0.2, 0.25) is 0 Å². The Balaban J connectivity index is 2.75. The lowest BCUT2D eigenvalue weighted by Gasteiger charge is -2.11. The van der Waals surface area contributed by atoms with Crippen molar-refractivity contribution in [2.24, 2.45) is 0 Å². The zero-order valence-electron chi connectivity index (χ0n) is 11.3. The van der Waals surface area contributed by atoms with Gasteiger partial charge in [-0.1, -0.05) is 13.0 Å². The van der Waals surface area contributed by atoms with Crippen LogP contribution in [0.3, 0.4) is 0 Å². The fourth-order valence-electron chi connectivity index (χ4n) is 2.37. The molecule has 0 atom stereocenters. The first-order chi connectivity index (χ1) is 8.97. The SMILES string of the molecule is CCc1c(C)nn(-c2c(N)cccc2C(=O)O)c1C. The number of aryl methyl sites for hydroxylation is 1. The van der Waals surface area contributed by atoms with E-state index >= 15 is 0 Å². The molecule has 2 aromatic rings. The van der Waals surface area contributed by atoms with Crippen molar-refractivity contribution in [3.8, 4) is 5.69 Å². The predicted octanol–water partition coefficient (Wildman–Crippen LogP) is 2.33. The third-order valence-corrected chi connectivity index (χ3v) is 3.30. The highest BCUT2D eigenvalue weighted by molar-refractivity contribution is 5.94. The summed E-state index contributed by atoms with van der Waals surface area (Å²) in [5, 5.41) is 13.7. The topological polar surface area (TPSA) is 81.1 Å². The zero-order valence-corrected chi connectivity index (χ0v) is 11.3. The number of anilines is 1. The van der Waals surface area contributed by atoms with E-state index in [0.717, 1.165) is 23.4 Å². The Morgan fingerprint density at radius 1 is 1.42 bits per heavy atom. The van der Waals surface area contributed by atoms with Gasteiger partial charge in [0, 0.05) is 5.69 Å². The molecule has 0 spiro atoms. The molecule has 5 nitrogen and oxygen atoms in total. The molecule has 1 aromatic carbocycles. The number of carbonyl (C=O) groups is 1. The van der Waals surface area contributed by atoms with Gasteiger partial charge < -0.3 is 10.8 Å². The number of nitrogens with two attached hydrogens (primary N) is 1. The van der Waals surface area contributed by atoms with Gasteiger partial charge in [0.2, 0.25) is 0 Å². The lowest BCUT2D eigenvalue weighted by Crippen LogP contribution is -2.11. The van der Waals surface area contributed by atoms with Gasteiger partial charge in [-0.25, -0.2) is 9.48 Å². The molecule has 0 radical (unpaired) electrons. The van der Waals surface area contributed by atoms with E-state index in [9.17, 15) is 9.90 Å². The molecule has 3 N–H and O–H groups in total. The number of hydrogen-bond acceptors (Lipinski definition) is 3. The minimum absolute atomic E-state index is 0.160. The molecule has 100 valence electrons. The third kappa shape index (κ3) is 2.07. The van der Waals surface area contributed by atoms with E-state index in [1.807, 2.05) is 20.8 Å². The van der Waals surface area contributed by atoms with Crippen LogP contribution in [-0.4, -0.2) is 20.9 Å². The quantitative estimate of drug-likeness (QED) is 0.829. The first kappa shape index (κ1) is 13.1. The molecule has 19 heavy (non-hydrogen) atoms. The average molecular weight is 259 g/mol. The summed E-state index contributed by atoms with van der Waals surface area (Å²) in [6.07, 6.45) is 0.854. The van der Waals surface area contributed by atoms with Crippen molar-refractivity contribution in [3.05, 3.63) is 40.7 Å². The first-order valence-electron chi connectivity index (χ1n) is 6.14. The molecule has 0 aliphatic rings. The summed E-state index contributed by atoms with van der Waals surface area (Å²) in [7, 11) is 0. The highest BCUT2D eigenvalue weighted by atomic mass is 16.4. The number of para-hydroxylation sites is 1. The number of hydrogen-bond donors (Lipinski definition) is 2. The number of aromatic nitrogens is 2. The van der Waals surface area contributed by atoms with Crippen LogP contribution in [0.15, 0.2) is 18.2 Å². The fraction of sp³-hybridized carbons (Fsp3) is 0.286. The number of nitrogens with zero attached hydrogens (tertiary/aromatic N) is 2. The fourth-order valence-corrected chi connectivity index (χ4v) is 2.37. The molecule has 0 aliphatic carbocycles. The van der Waals surface area contributed by atoms with Gasteiger partial charge in [-0.05, 0) is 38.0 Å². The smallest absolute Gasteiger partial charge is 0.337 e. The van der Waals surface area contributed by atoms with Crippen LogP contribution in [-0.2, 0) is 6.42 Å². The molecule has 0 aliphatic heterocycles. The van der Waals surface area contributed by atoms with E-state index in [1.165, 1.54) is 6.07 Å². The van der Waals surface area contributed by atoms with Gasteiger partial charge in [0.1, 0.15) is 5.69 Å². The van der Waals surface area contributed by atoms with Gasteiger partial charge in [-0.2, -0.15) is 5.10 Å². The van der Waals surface area contributed by atoms with Crippen LogP contribution in [0.5, 0.6) is 0 Å². The first-order valence-corrected chi connectivity index (χ1v) is 6.14. The van der Waals surface area contributed by atoms with Crippen LogP contribution >= 0.6 is 0 Å². The Kier molecular flexibility index (Phi) is 3.29. The number of carboxylic acids is 1. The number of aromatic carboxylic acids is 1. The van der Waals surface area contributed by atoms with Crippen LogP contribution in [0.4, 0.5) is 5.69 Å². The second-order valence-corrected chi connectivity index (χ2v) is 4.46. The lowest BCUT2D eigenvalue weighted by atomic mass is 10.1. The van der Waals surface area contributed by atoms with Crippen LogP contribution in [0, 0.1) is 13.8 Å². The summed E-state index contributed by atoms with van der Waals surface area (Å²) >= 11 is 0. The summed E-state index contributed by atoms with van der Waals surface area (Å²) < 4.78 is 1.63. The minimum Gasteiger partial charge on any atom is -0.478 e. The molecule has 5 heteroatoms. The largest absolute Gasteiger partial charge is 0.478 e. The maximum absolute atomic E-state index is 11.3. The minimum atomic E-state index is -1.01. The van der Waals surface area contributed by atoms with Crippen molar-refractivity contribution in [3.63, 3.8) is 0 Å². The Bertz CT molecular complexity index is 644. The van der Waals surface area contributed by atoms with Crippen LogP contribution in [0.1, 0.15) is 34.2 Å². The highest BCUT2D eigenvalue weighted by Gasteiger charge is 2.19. The maximum atomic E-state index is 11.3. The summed E-state index contributed by atoms with van der Waals surface area (Å²) in [5.74, 6) is -1.01. The van der Waals surface area contributed by atoms with Crippen molar-refractivity contribution in [1.82, 2.24) is 9.78 Å². The molecule has 0 amide bonds. The standard InChI is InChI=1S/C14H17N3O2/c1-4-10-8(2)16-17(9(10)3)13-11(14(18)19)6-5-7-12(13)15/h5-7H,4,15H2,1-3H3,(H,18,19). The molecular weight excluding hydrogens is 242 g/mol. The van der Waals surface area contributed by atoms with E-state index in [4.69, 9.17) is 5.73 Å². The van der Waals surface area contributed by atoms with E-state index in [0.29, 0.717) is 11.4 Å². The van der Waals surface area contributed by atoms with Gasteiger partial charge in [-0.3, -0.25) is 0 Å². The molecule has 0 fully saturated rings. The maximum Gasteiger partial charge on any atom is 0.337 e. The third-order valence-electron chi connectivity index (χ3n) is 3.30. The number of carboxylic acid groups (broad SMARTS) is 1. The number of nitrogen functional groups attached to an aromatic ring is 1. The molecule has 1 heterocycles. The molecule has 0 unspecified atom stereocenters. The van der Waals surface area contributed by atoms with Crippen molar-refractivity contribution < 1.29 is 9.90 Å². The molecular formula is C14H17N3O2. The van der Waals surface area contributed by atoms with Crippen molar-refractivity contribution in [2.75, 3.05) is 5.73 Å². The van der Waals surface area contributed by atoms with E-state index in [-0.39, 0.29) is 5.56 Å². The molecule has 1 aromatic heterocycles. The van der Waals surface area contributed by atoms with Crippen molar-refractivity contribution >= 4 is 11.7 Å². The summed E-state index contributed by atoms with van der Waals surface area (Å²) in [5.41, 5.74) is 9.91. The Morgan fingerprint density at radius 3 is 2.63 bits per heavy atom. The number of rotatable bonds is 3. The molecule has 0 saturated carbocycles. The van der Waals surface area contributed by atoms with E-state index < -0.39 is 5.97 Å². The van der Waals surface area contributed by atoms with Crippen molar-refractivity contribution in [1.29, 1.82) is 0 Å². The highest BCUT2D eigenvalue weighted by Crippen LogP contribution is 2.26. The molecule has 2 rings (SSSR count). The van der Waals surface area contributed by atoms with Crippen molar-refractivity contribution in [2.45, 2.75) is 27.2 Å². The normalized spacial score (nSPS) is 10.7. The average Bonchev–Trinajstić information content (AvgIpc) is 2.63. The van der Waals surface area contributed by atoms with Crippen LogP contribution < -0.4 is 5.73 Å². The van der Waals surface area contributed by atoms with E-state index in [2.05, 4.69) is 5.10 Å². The summed E-state index contributed by atoms with van der Waals surface area (Å²) in [4.78, 5) is 11.3. The van der Waals surface area contributed by atoms with Crippen LogP contribution in [0.25, 0.3) is 5.69 Å². The predicted molar refractivity (Wildman–Crippen MR) is 73.8 cm³/mol. The van der Waals surface area contributed by atoms with Gasteiger partial charge in [-0.15, -0.1) is 0 Å². The lowest BCUT2D eigenvalue weighted by molar-refractivity contribution is 0.0697. The number of benzene rings is 1. The second-order valence-electron chi connectivity index (χ2n) is 4.46. The zero-order chi connectivity index (χ0) is 14.2. The van der Waals surface area contributed by atoms with Gasteiger partial charge >= 0.3 is 5.97 Å². The molecule has 0 saturated heterocycles.